The Morgan fingerprint density at radius 2 is 2.04 bits per heavy atom. The number of fused-ring (bicyclic) bond motifs is 1. The second kappa shape index (κ2) is 6.44. The minimum absolute atomic E-state index is 0.00235. The van der Waals surface area contributed by atoms with Crippen LogP contribution in [0.4, 0.5) is 8.78 Å². The third kappa shape index (κ3) is 3.23. The average molecular weight is 317 g/mol. The molecule has 0 saturated heterocycles. The lowest BCUT2D eigenvalue weighted by Crippen LogP contribution is -2.08. The lowest BCUT2D eigenvalue weighted by atomic mass is 9.89. The highest BCUT2D eigenvalue weighted by atomic mass is 19.2. The maximum absolute atomic E-state index is 14.1. The van der Waals surface area contributed by atoms with Gasteiger partial charge in [-0.05, 0) is 48.4 Å². The summed E-state index contributed by atoms with van der Waals surface area (Å²) in [6, 6.07) is 7.92. The van der Waals surface area contributed by atoms with Crippen molar-refractivity contribution >= 4 is 5.97 Å². The monoisotopic (exact) mass is 317 g/mol. The van der Waals surface area contributed by atoms with Crippen LogP contribution < -0.4 is 0 Å². The third-order valence-corrected chi connectivity index (χ3v) is 4.49. The highest BCUT2D eigenvalue weighted by Crippen LogP contribution is 2.38. The molecule has 0 aliphatic heterocycles. The number of aliphatic carboxylic acids is 1. The van der Waals surface area contributed by atoms with Gasteiger partial charge < -0.3 is 5.11 Å². The number of rotatable bonds is 3. The second-order valence-electron chi connectivity index (χ2n) is 5.96. The fourth-order valence-electron chi connectivity index (χ4n) is 3.41. The summed E-state index contributed by atoms with van der Waals surface area (Å²) in [4.78, 5) is 15.5. The second-order valence-corrected chi connectivity index (χ2v) is 5.96. The lowest BCUT2D eigenvalue weighted by Gasteiger charge is -2.16. The Bertz CT molecular complexity index is 733. The van der Waals surface area contributed by atoms with Gasteiger partial charge in [-0.2, -0.15) is 0 Å². The van der Waals surface area contributed by atoms with Gasteiger partial charge in [-0.15, -0.1) is 0 Å². The van der Waals surface area contributed by atoms with Gasteiger partial charge in [0.25, 0.3) is 0 Å². The SMILES string of the molecule is O=C(O)C[C@@H]1CC[C@@H](c2cccc(F)c2F)Cc2cccnc21. The van der Waals surface area contributed by atoms with Gasteiger partial charge in [0.15, 0.2) is 11.6 Å². The summed E-state index contributed by atoms with van der Waals surface area (Å²) in [5.41, 5.74) is 2.05. The van der Waals surface area contributed by atoms with Crippen molar-refractivity contribution < 1.29 is 18.7 Å². The number of carbonyl (C=O) groups is 1. The molecular weight excluding hydrogens is 300 g/mol. The Hall–Kier alpha value is -2.30. The van der Waals surface area contributed by atoms with E-state index in [4.69, 9.17) is 5.11 Å². The standard InChI is InChI=1S/C18H17F2NO2/c19-15-5-1-4-14(17(15)20)11-6-7-13(10-16(22)23)18-12(9-11)3-2-8-21-18/h1-5,8,11,13H,6-7,9-10H2,(H,22,23)/t11-,13+/m1/s1. The van der Waals surface area contributed by atoms with E-state index in [1.807, 2.05) is 6.07 Å². The first-order valence-electron chi connectivity index (χ1n) is 7.65. The molecule has 1 aromatic carbocycles. The molecule has 1 heterocycles. The van der Waals surface area contributed by atoms with E-state index >= 15 is 0 Å². The Balaban J connectivity index is 1.97. The van der Waals surface area contributed by atoms with Gasteiger partial charge in [0.2, 0.25) is 0 Å². The summed E-state index contributed by atoms with van der Waals surface area (Å²) in [5.74, 6) is -2.89. The summed E-state index contributed by atoms with van der Waals surface area (Å²) in [6.07, 6.45) is 3.39. The van der Waals surface area contributed by atoms with E-state index in [2.05, 4.69) is 4.98 Å². The molecular formula is C18H17F2NO2. The van der Waals surface area contributed by atoms with Crippen molar-refractivity contribution in [2.45, 2.75) is 37.5 Å². The predicted octanol–water partition coefficient (Wildman–Crippen LogP) is 4.04. The number of halogens is 2. The third-order valence-electron chi connectivity index (χ3n) is 4.49. The van der Waals surface area contributed by atoms with E-state index in [1.165, 1.54) is 6.07 Å². The summed E-state index contributed by atoms with van der Waals surface area (Å²) in [6.45, 7) is 0. The maximum atomic E-state index is 14.1. The van der Waals surface area contributed by atoms with Gasteiger partial charge >= 0.3 is 5.97 Å². The molecule has 23 heavy (non-hydrogen) atoms. The highest BCUT2D eigenvalue weighted by molar-refractivity contribution is 5.68. The van der Waals surface area contributed by atoms with Gasteiger partial charge in [0.05, 0.1) is 6.42 Å². The van der Waals surface area contributed by atoms with Crippen LogP contribution in [-0.4, -0.2) is 16.1 Å². The van der Waals surface area contributed by atoms with Crippen molar-refractivity contribution in [2.24, 2.45) is 0 Å². The first kappa shape index (κ1) is 15.6. The van der Waals surface area contributed by atoms with Crippen molar-refractivity contribution in [3.05, 3.63) is 65.0 Å². The zero-order valence-corrected chi connectivity index (χ0v) is 12.5. The number of hydrogen-bond donors (Lipinski definition) is 1. The number of carboxylic acids is 1. The molecule has 1 aliphatic carbocycles. The lowest BCUT2D eigenvalue weighted by molar-refractivity contribution is -0.137. The van der Waals surface area contributed by atoms with Crippen LogP contribution in [0.15, 0.2) is 36.5 Å². The van der Waals surface area contributed by atoms with Crippen LogP contribution in [0.1, 0.15) is 47.9 Å². The molecule has 0 spiro atoms. The molecule has 0 fully saturated rings. The summed E-state index contributed by atoms with van der Waals surface area (Å²) < 4.78 is 27.6. The van der Waals surface area contributed by atoms with Gasteiger partial charge in [-0.1, -0.05) is 18.2 Å². The summed E-state index contributed by atoms with van der Waals surface area (Å²) in [7, 11) is 0. The summed E-state index contributed by atoms with van der Waals surface area (Å²) in [5, 5.41) is 9.11. The zero-order chi connectivity index (χ0) is 16.4. The molecule has 3 nitrogen and oxygen atoms in total. The van der Waals surface area contributed by atoms with Gasteiger partial charge in [-0.25, -0.2) is 8.78 Å². The van der Waals surface area contributed by atoms with Crippen LogP contribution in [0.2, 0.25) is 0 Å². The van der Waals surface area contributed by atoms with E-state index in [0.29, 0.717) is 24.8 Å². The minimum atomic E-state index is -0.873. The van der Waals surface area contributed by atoms with Crippen molar-refractivity contribution in [1.82, 2.24) is 4.98 Å². The molecule has 3 rings (SSSR count). The Morgan fingerprint density at radius 1 is 1.22 bits per heavy atom. The van der Waals surface area contributed by atoms with Crippen LogP contribution in [0, 0.1) is 11.6 Å². The van der Waals surface area contributed by atoms with Crippen LogP contribution in [0.5, 0.6) is 0 Å². The molecule has 5 heteroatoms. The number of aromatic nitrogens is 1. The van der Waals surface area contributed by atoms with Gasteiger partial charge in [0.1, 0.15) is 0 Å². The molecule has 0 bridgehead atoms. The molecule has 120 valence electrons. The molecule has 0 radical (unpaired) electrons. The van der Waals surface area contributed by atoms with Crippen molar-refractivity contribution in [3.8, 4) is 0 Å². The fourth-order valence-corrected chi connectivity index (χ4v) is 3.41. The molecule has 2 atom stereocenters. The van der Waals surface area contributed by atoms with E-state index < -0.39 is 17.6 Å². The Kier molecular flexibility index (Phi) is 4.37. The molecule has 1 N–H and O–H groups in total. The normalized spacial score (nSPS) is 20.6. The molecule has 2 aromatic rings. The van der Waals surface area contributed by atoms with Gasteiger partial charge in [-0.3, -0.25) is 9.78 Å². The van der Waals surface area contributed by atoms with Crippen molar-refractivity contribution in [2.75, 3.05) is 0 Å². The molecule has 0 unspecified atom stereocenters. The average Bonchev–Trinajstić information content (AvgIpc) is 2.70. The number of hydrogen-bond acceptors (Lipinski definition) is 2. The van der Waals surface area contributed by atoms with E-state index in [9.17, 15) is 13.6 Å². The van der Waals surface area contributed by atoms with E-state index in [1.54, 1.807) is 18.3 Å². The first-order valence-corrected chi connectivity index (χ1v) is 7.65. The predicted molar refractivity (Wildman–Crippen MR) is 81.3 cm³/mol. The highest BCUT2D eigenvalue weighted by Gasteiger charge is 2.28. The topological polar surface area (TPSA) is 50.2 Å². The number of benzene rings is 1. The van der Waals surface area contributed by atoms with E-state index in [0.717, 1.165) is 17.3 Å². The largest absolute Gasteiger partial charge is 0.481 e. The molecule has 1 aromatic heterocycles. The molecule has 0 amide bonds. The van der Waals surface area contributed by atoms with Crippen LogP contribution >= 0.6 is 0 Å². The van der Waals surface area contributed by atoms with Crippen molar-refractivity contribution in [1.29, 1.82) is 0 Å². The van der Waals surface area contributed by atoms with E-state index in [-0.39, 0.29) is 18.3 Å². The van der Waals surface area contributed by atoms with Crippen LogP contribution in [0.3, 0.4) is 0 Å². The number of carboxylic acid groups (broad SMARTS) is 1. The zero-order valence-electron chi connectivity index (χ0n) is 12.5. The van der Waals surface area contributed by atoms with Gasteiger partial charge in [0, 0.05) is 17.8 Å². The Morgan fingerprint density at radius 3 is 2.83 bits per heavy atom. The smallest absolute Gasteiger partial charge is 0.304 e. The fraction of sp³-hybridized carbons (Fsp3) is 0.333. The molecule has 0 saturated carbocycles. The number of nitrogens with zero attached hydrogens (tertiary/aromatic N) is 1. The van der Waals surface area contributed by atoms with Crippen LogP contribution in [0.25, 0.3) is 0 Å². The minimum Gasteiger partial charge on any atom is -0.481 e. The van der Waals surface area contributed by atoms with Crippen LogP contribution in [-0.2, 0) is 11.2 Å². The quantitative estimate of drug-likeness (QED) is 0.869. The maximum Gasteiger partial charge on any atom is 0.304 e. The Labute approximate surface area is 133 Å². The number of pyridine rings is 1. The van der Waals surface area contributed by atoms with Crippen molar-refractivity contribution in [3.63, 3.8) is 0 Å². The summed E-state index contributed by atoms with van der Waals surface area (Å²) >= 11 is 0. The first-order chi connectivity index (χ1) is 11.1. The molecule has 1 aliphatic rings.